The molecule has 0 bridgehead atoms. The molecule has 0 aromatic heterocycles. The summed E-state index contributed by atoms with van der Waals surface area (Å²) in [6, 6.07) is 6.39. The minimum Gasteiger partial charge on any atom is -0.493 e. The van der Waals surface area contributed by atoms with E-state index in [4.69, 9.17) is 19.8 Å². The van der Waals surface area contributed by atoms with Gasteiger partial charge in [-0.25, -0.2) is 4.79 Å². The lowest BCUT2D eigenvalue weighted by atomic mass is 10.1. The summed E-state index contributed by atoms with van der Waals surface area (Å²) in [5.41, 5.74) is 0.754. The lowest BCUT2D eigenvalue weighted by molar-refractivity contribution is -0.139. The highest BCUT2D eigenvalue weighted by atomic mass is 32.2. The van der Waals surface area contributed by atoms with Gasteiger partial charge < -0.3 is 25.2 Å². The lowest BCUT2D eigenvalue weighted by Crippen LogP contribution is -2.35. The van der Waals surface area contributed by atoms with Gasteiger partial charge in [0, 0.05) is 12.7 Å². The Bertz CT molecular complexity index is 746. The van der Waals surface area contributed by atoms with Crippen LogP contribution in [0.3, 0.4) is 0 Å². The Kier molecular flexibility index (Phi) is 10.4. The number of benzene rings is 1. The molecule has 0 aliphatic carbocycles. The van der Waals surface area contributed by atoms with Crippen molar-refractivity contribution < 1.29 is 24.2 Å². The Morgan fingerprint density at radius 2 is 2.04 bits per heavy atom. The second kappa shape index (κ2) is 12.5. The van der Waals surface area contributed by atoms with Crippen LogP contribution in [-0.4, -0.2) is 55.8 Å². The van der Waals surface area contributed by atoms with Crippen LogP contribution in [0, 0.1) is 11.3 Å². The summed E-state index contributed by atoms with van der Waals surface area (Å²) in [6.45, 7) is 0.308. The monoisotopic (exact) mass is 407 g/mol. The third-order valence-corrected chi connectivity index (χ3v) is 4.49. The van der Waals surface area contributed by atoms with Crippen molar-refractivity contribution in [1.82, 2.24) is 10.6 Å². The summed E-state index contributed by atoms with van der Waals surface area (Å²) in [7, 11) is 3.10. The van der Waals surface area contributed by atoms with Crippen LogP contribution in [0.2, 0.25) is 0 Å². The number of hydrogen-bond donors (Lipinski definition) is 3. The molecule has 1 aromatic carbocycles. The number of hydrogen-bond acceptors (Lipinski definition) is 7. The molecular formula is C19H25N3O5S. The SMILES string of the molecule is COc1ccc(CCNC(=O)/C(C#N)=C\NC(CCSC)C(=O)O)cc1OC. The molecule has 1 aromatic rings. The van der Waals surface area contributed by atoms with Gasteiger partial charge in [-0.3, -0.25) is 4.79 Å². The second-order valence-corrected chi connectivity index (χ2v) is 6.69. The van der Waals surface area contributed by atoms with E-state index < -0.39 is 17.9 Å². The fourth-order valence-electron chi connectivity index (χ4n) is 2.30. The van der Waals surface area contributed by atoms with Crippen LogP contribution in [0.25, 0.3) is 0 Å². The molecule has 0 radical (unpaired) electrons. The highest BCUT2D eigenvalue weighted by molar-refractivity contribution is 7.98. The fourth-order valence-corrected chi connectivity index (χ4v) is 2.77. The molecule has 28 heavy (non-hydrogen) atoms. The number of nitrogens with one attached hydrogen (secondary N) is 2. The van der Waals surface area contributed by atoms with Crippen molar-refractivity contribution in [2.45, 2.75) is 18.9 Å². The van der Waals surface area contributed by atoms with Gasteiger partial charge in [-0.2, -0.15) is 17.0 Å². The number of methoxy groups -OCH3 is 2. The zero-order valence-electron chi connectivity index (χ0n) is 16.2. The molecule has 8 nitrogen and oxygen atoms in total. The van der Waals surface area contributed by atoms with Gasteiger partial charge in [0.15, 0.2) is 11.5 Å². The summed E-state index contributed by atoms with van der Waals surface area (Å²) in [5.74, 6) is 0.265. The molecule has 0 saturated heterocycles. The Hall–Kier alpha value is -2.86. The second-order valence-electron chi connectivity index (χ2n) is 5.70. The van der Waals surface area contributed by atoms with E-state index >= 15 is 0 Å². The number of rotatable bonds is 12. The molecule has 1 atom stereocenters. The highest BCUT2D eigenvalue weighted by Gasteiger charge is 2.16. The third kappa shape index (κ3) is 7.40. The van der Waals surface area contributed by atoms with E-state index in [1.807, 2.05) is 18.4 Å². The van der Waals surface area contributed by atoms with Crippen molar-refractivity contribution in [2.75, 3.05) is 32.8 Å². The zero-order valence-corrected chi connectivity index (χ0v) is 17.0. The number of amides is 1. The Balaban J connectivity index is 2.62. The first-order valence-corrected chi connectivity index (χ1v) is 9.93. The van der Waals surface area contributed by atoms with Crippen molar-refractivity contribution in [3.8, 4) is 17.6 Å². The van der Waals surface area contributed by atoms with E-state index in [0.29, 0.717) is 36.6 Å². The van der Waals surface area contributed by atoms with Gasteiger partial charge in [0.2, 0.25) is 0 Å². The number of carbonyl (C=O) groups excluding carboxylic acids is 1. The first-order chi connectivity index (χ1) is 13.5. The standard InChI is InChI=1S/C19H25N3O5S/c1-26-16-5-4-13(10-17(16)27-2)6-8-21-18(23)14(11-20)12-22-15(19(24)25)7-9-28-3/h4-5,10,12,15,22H,6-9H2,1-3H3,(H,21,23)(H,24,25)/b14-12-. The maximum absolute atomic E-state index is 12.1. The molecule has 0 heterocycles. The number of carboxylic acids is 1. The van der Waals surface area contributed by atoms with Crippen LogP contribution in [0.1, 0.15) is 12.0 Å². The van der Waals surface area contributed by atoms with Crippen LogP contribution < -0.4 is 20.1 Å². The quantitative estimate of drug-likeness (QED) is 0.353. The topological polar surface area (TPSA) is 121 Å². The summed E-state index contributed by atoms with van der Waals surface area (Å²) in [4.78, 5) is 23.3. The van der Waals surface area contributed by atoms with Crippen LogP contribution in [0.4, 0.5) is 0 Å². The number of carboxylic acid groups (broad SMARTS) is 1. The van der Waals surface area contributed by atoms with Crippen molar-refractivity contribution in [2.24, 2.45) is 0 Å². The number of nitrogens with zero attached hydrogens (tertiary/aromatic N) is 1. The normalized spacial score (nSPS) is 11.9. The van der Waals surface area contributed by atoms with E-state index in [1.165, 1.54) is 11.8 Å². The molecule has 152 valence electrons. The minimum absolute atomic E-state index is 0.178. The smallest absolute Gasteiger partial charge is 0.326 e. The first-order valence-electron chi connectivity index (χ1n) is 8.54. The molecule has 3 N–H and O–H groups in total. The van der Waals surface area contributed by atoms with Crippen LogP contribution >= 0.6 is 11.8 Å². The lowest BCUT2D eigenvalue weighted by Gasteiger charge is -2.12. The van der Waals surface area contributed by atoms with Crippen LogP contribution in [0.15, 0.2) is 30.0 Å². The van der Waals surface area contributed by atoms with E-state index in [0.717, 1.165) is 11.8 Å². The molecule has 0 aliphatic heterocycles. The third-order valence-electron chi connectivity index (χ3n) is 3.85. The average Bonchev–Trinajstić information content (AvgIpc) is 2.70. The van der Waals surface area contributed by atoms with E-state index in [9.17, 15) is 9.59 Å². The molecule has 1 amide bonds. The minimum atomic E-state index is -1.03. The van der Waals surface area contributed by atoms with E-state index in [2.05, 4.69) is 10.6 Å². The van der Waals surface area contributed by atoms with Gasteiger partial charge in [0.05, 0.1) is 14.2 Å². The molecular weight excluding hydrogens is 382 g/mol. The molecule has 0 spiro atoms. The van der Waals surface area contributed by atoms with Crippen LogP contribution in [-0.2, 0) is 16.0 Å². The predicted octanol–water partition coefficient (Wildman–Crippen LogP) is 1.57. The fraction of sp³-hybridized carbons (Fsp3) is 0.421. The van der Waals surface area contributed by atoms with E-state index in [-0.39, 0.29) is 5.57 Å². The Morgan fingerprint density at radius 3 is 2.61 bits per heavy atom. The zero-order chi connectivity index (χ0) is 20.9. The molecule has 0 aliphatic rings. The van der Waals surface area contributed by atoms with Gasteiger partial charge in [0.25, 0.3) is 5.91 Å². The maximum Gasteiger partial charge on any atom is 0.326 e. The summed E-state index contributed by atoms with van der Waals surface area (Å²) in [6.07, 6.45) is 3.95. The van der Waals surface area contributed by atoms with Crippen molar-refractivity contribution in [1.29, 1.82) is 5.26 Å². The van der Waals surface area contributed by atoms with Gasteiger partial charge in [-0.15, -0.1) is 0 Å². The van der Waals surface area contributed by atoms with Gasteiger partial charge in [-0.05, 0) is 42.5 Å². The summed E-state index contributed by atoms with van der Waals surface area (Å²) >= 11 is 1.52. The van der Waals surface area contributed by atoms with Crippen molar-refractivity contribution in [3.05, 3.63) is 35.5 Å². The van der Waals surface area contributed by atoms with Gasteiger partial charge >= 0.3 is 5.97 Å². The molecule has 9 heteroatoms. The number of ether oxygens (including phenoxy) is 2. The van der Waals surface area contributed by atoms with Crippen LogP contribution in [0.5, 0.6) is 11.5 Å². The number of aliphatic carboxylic acids is 1. The Labute approximate surface area is 168 Å². The maximum atomic E-state index is 12.1. The van der Waals surface area contributed by atoms with E-state index in [1.54, 1.807) is 26.4 Å². The molecule has 0 saturated carbocycles. The van der Waals surface area contributed by atoms with Gasteiger partial charge in [-0.1, -0.05) is 6.07 Å². The van der Waals surface area contributed by atoms with Crippen molar-refractivity contribution in [3.63, 3.8) is 0 Å². The number of carbonyl (C=O) groups is 2. The molecule has 0 fully saturated rings. The molecule has 1 unspecified atom stereocenters. The highest BCUT2D eigenvalue weighted by Crippen LogP contribution is 2.27. The largest absolute Gasteiger partial charge is 0.493 e. The van der Waals surface area contributed by atoms with Gasteiger partial charge in [0.1, 0.15) is 17.7 Å². The summed E-state index contributed by atoms with van der Waals surface area (Å²) < 4.78 is 10.4. The first kappa shape index (κ1) is 23.2. The summed E-state index contributed by atoms with van der Waals surface area (Å²) in [5, 5.41) is 23.6. The predicted molar refractivity (Wildman–Crippen MR) is 108 cm³/mol. The number of nitriles is 1. The number of thioether (sulfide) groups is 1. The molecule has 1 rings (SSSR count). The Morgan fingerprint density at radius 1 is 1.32 bits per heavy atom. The van der Waals surface area contributed by atoms with Crippen molar-refractivity contribution >= 4 is 23.6 Å². The average molecular weight is 407 g/mol.